The summed E-state index contributed by atoms with van der Waals surface area (Å²) in [5.41, 5.74) is 6.99. The molecule has 0 spiro atoms. The monoisotopic (exact) mass is 356 g/mol. The molecule has 0 aliphatic rings. The Morgan fingerprint density at radius 2 is 1.81 bits per heavy atom. The van der Waals surface area contributed by atoms with E-state index in [4.69, 9.17) is 14.9 Å². The Hall–Kier alpha value is -3.35. The van der Waals surface area contributed by atoms with Gasteiger partial charge in [0.15, 0.2) is 0 Å². The molecule has 136 valence electrons. The van der Waals surface area contributed by atoms with Crippen molar-refractivity contribution in [2.24, 2.45) is 5.73 Å². The van der Waals surface area contributed by atoms with Gasteiger partial charge in [-0.2, -0.15) is 0 Å². The fourth-order valence-corrected chi connectivity index (χ4v) is 2.32. The van der Waals surface area contributed by atoms with E-state index in [0.717, 1.165) is 11.1 Å². The number of aryl methyl sites for hydroxylation is 2. The first-order chi connectivity index (χ1) is 12.3. The molecule has 26 heavy (non-hydrogen) atoms. The molecule has 2 aromatic rings. The fourth-order valence-electron chi connectivity index (χ4n) is 2.32. The summed E-state index contributed by atoms with van der Waals surface area (Å²) in [5, 5.41) is 2.43. The third-order valence-electron chi connectivity index (χ3n) is 3.55. The number of furan rings is 1. The van der Waals surface area contributed by atoms with Crippen LogP contribution in [0.25, 0.3) is 6.08 Å². The van der Waals surface area contributed by atoms with Crippen molar-refractivity contribution in [2.45, 2.75) is 20.8 Å². The van der Waals surface area contributed by atoms with Crippen molar-refractivity contribution in [3.8, 4) is 0 Å². The third-order valence-corrected chi connectivity index (χ3v) is 3.55. The number of hydrogen-bond acceptors (Lipinski definition) is 5. The lowest BCUT2D eigenvalue weighted by Crippen LogP contribution is -2.19. The van der Waals surface area contributed by atoms with E-state index in [9.17, 15) is 14.4 Å². The number of hydrogen-bond donors (Lipinski definition) is 2. The number of primary amides is 1. The van der Waals surface area contributed by atoms with Gasteiger partial charge >= 0.3 is 5.97 Å². The average molecular weight is 356 g/mol. The Balaban J connectivity index is 2.24. The van der Waals surface area contributed by atoms with Gasteiger partial charge in [-0.15, -0.1) is 0 Å². The lowest BCUT2D eigenvalue weighted by atomic mass is 10.1. The largest absolute Gasteiger partial charge is 0.462 e. The van der Waals surface area contributed by atoms with Gasteiger partial charge in [0, 0.05) is 6.08 Å². The van der Waals surface area contributed by atoms with E-state index < -0.39 is 17.8 Å². The van der Waals surface area contributed by atoms with Gasteiger partial charge in [0.1, 0.15) is 16.9 Å². The second kappa shape index (κ2) is 8.15. The zero-order valence-electron chi connectivity index (χ0n) is 14.8. The molecule has 1 heterocycles. The van der Waals surface area contributed by atoms with Crippen molar-refractivity contribution < 1.29 is 23.5 Å². The lowest BCUT2D eigenvalue weighted by Gasteiger charge is -2.03. The van der Waals surface area contributed by atoms with Gasteiger partial charge < -0.3 is 14.9 Å². The molecule has 0 atom stereocenters. The van der Waals surface area contributed by atoms with Gasteiger partial charge in [0.05, 0.1) is 6.61 Å². The predicted molar refractivity (Wildman–Crippen MR) is 96.8 cm³/mol. The molecule has 0 aliphatic heterocycles. The van der Waals surface area contributed by atoms with Crippen molar-refractivity contribution in [1.29, 1.82) is 0 Å². The molecule has 0 saturated carbocycles. The maximum atomic E-state index is 12.1. The minimum Gasteiger partial charge on any atom is -0.462 e. The van der Waals surface area contributed by atoms with Crippen LogP contribution in [0.1, 0.15) is 44.5 Å². The van der Waals surface area contributed by atoms with E-state index in [0.29, 0.717) is 0 Å². The zero-order valence-corrected chi connectivity index (χ0v) is 14.8. The number of ether oxygens (including phenoxy) is 1. The number of rotatable bonds is 6. The second-order valence-corrected chi connectivity index (χ2v) is 5.56. The van der Waals surface area contributed by atoms with Gasteiger partial charge in [0.25, 0.3) is 11.8 Å². The van der Waals surface area contributed by atoms with Crippen LogP contribution in [-0.2, 0) is 9.53 Å². The number of esters is 1. The topological polar surface area (TPSA) is 112 Å². The quantitative estimate of drug-likeness (QED) is 0.610. The zero-order chi connectivity index (χ0) is 19.3. The molecule has 0 saturated heterocycles. The first kappa shape index (κ1) is 19.0. The molecule has 0 radical (unpaired) electrons. The maximum Gasteiger partial charge on any atom is 0.342 e. The summed E-state index contributed by atoms with van der Waals surface area (Å²) >= 11 is 0. The van der Waals surface area contributed by atoms with Crippen molar-refractivity contribution in [1.82, 2.24) is 0 Å². The summed E-state index contributed by atoms with van der Waals surface area (Å²) < 4.78 is 10.2. The minimum absolute atomic E-state index is 0.0860. The van der Waals surface area contributed by atoms with Crippen LogP contribution < -0.4 is 11.1 Å². The van der Waals surface area contributed by atoms with E-state index in [1.165, 1.54) is 13.0 Å². The first-order valence-corrected chi connectivity index (χ1v) is 7.99. The molecule has 0 aliphatic carbocycles. The van der Waals surface area contributed by atoms with Crippen LogP contribution in [0.2, 0.25) is 0 Å². The van der Waals surface area contributed by atoms with E-state index in [1.54, 1.807) is 13.0 Å². The van der Waals surface area contributed by atoms with Crippen LogP contribution in [0, 0.1) is 13.8 Å². The van der Waals surface area contributed by atoms with Gasteiger partial charge in [-0.25, -0.2) is 4.79 Å². The molecule has 0 unspecified atom stereocenters. The number of anilines is 1. The molecule has 1 aromatic heterocycles. The van der Waals surface area contributed by atoms with Gasteiger partial charge in [-0.05, 0) is 32.4 Å². The van der Waals surface area contributed by atoms with Crippen LogP contribution >= 0.6 is 0 Å². The SMILES string of the molecule is CCOC(=O)c1c(C)oc(NC(=O)/C=C/c2ccc(C)cc2)c1C(N)=O. The summed E-state index contributed by atoms with van der Waals surface area (Å²) in [5.74, 6) is -2.22. The Kier molecular flexibility index (Phi) is 5.95. The lowest BCUT2D eigenvalue weighted by molar-refractivity contribution is -0.111. The number of amides is 2. The van der Waals surface area contributed by atoms with E-state index in [2.05, 4.69) is 5.32 Å². The van der Waals surface area contributed by atoms with E-state index in [-0.39, 0.29) is 29.4 Å². The number of nitrogens with one attached hydrogen (secondary N) is 1. The third kappa shape index (κ3) is 4.38. The van der Waals surface area contributed by atoms with Crippen LogP contribution in [0.3, 0.4) is 0 Å². The number of nitrogens with two attached hydrogens (primary N) is 1. The Bertz CT molecular complexity index is 863. The molecule has 7 heteroatoms. The standard InChI is InChI=1S/C19H20N2O5/c1-4-25-19(24)15-12(3)26-18(16(15)17(20)23)21-14(22)10-9-13-7-5-11(2)6-8-13/h5-10H,4H2,1-3H3,(H2,20,23)(H,21,22)/b10-9+. The maximum absolute atomic E-state index is 12.1. The summed E-state index contributed by atoms with van der Waals surface area (Å²) in [6, 6.07) is 7.57. The normalized spacial score (nSPS) is 10.7. The molecule has 3 N–H and O–H groups in total. The van der Waals surface area contributed by atoms with Crippen molar-refractivity contribution in [2.75, 3.05) is 11.9 Å². The van der Waals surface area contributed by atoms with Crippen LogP contribution in [0.5, 0.6) is 0 Å². The van der Waals surface area contributed by atoms with E-state index >= 15 is 0 Å². The highest BCUT2D eigenvalue weighted by Crippen LogP contribution is 2.27. The highest BCUT2D eigenvalue weighted by Gasteiger charge is 2.28. The Labute approximate surface area is 150 Å². The van der Waals surface area contributed by atoms with Crippen molar-refractivity contribution >= 4 is 29.7 Å². The number of carbonyl (C=O) groups is 3. The summed E-state index contributed by atoms with van der Waals surface area (Å²) in [4.78, 5) is 35.9. The molecule has 1 aromatic carbocycles. The predicted octanol–water partition coefficient (Wildman–Crippen LogP) is 2.82. The molecule has 2 amide bonds. The number of benzene rings is 1. The number of carbonyl (C=O) groups excluding carboxylic acids is 3. The molecule has 0 fully saturated rings. The summed E-state index contributed by atoms with van der Waals surface area (Å²) in [7, 11) is 0. The molecular formula is C19H20N2O5. The smallest absolute Gasteiger partial charge is 0.342 e. The van der Waals surface area contributed by atoms with Crippen molar-refractivity contribution in [3.05, 3.63) is 58.4 Å². The molecule has 7 nitrogen and oxygen atoms in total. The van der Waals surface area contributed by atoms with Gasteiger partial charge in [0.2, 0.25) is 5.88 Å². The fraction of sp³-hybridized carbons (Fsp3) is 0.211. The summed E-state index contributed by atoms with van der Waals surface area (Å²) in [6.45, 7) is 5.21. The van der Waals surface area contributed by atoms with Crippen LogP contribution in [-0.4, -0.2) is 24.4 Å². The van der Waals surface area contributed by atoms with Crippen LogP contribution in [0.4, 0.5) is 5.88 Å². The molecular weight excluding hydrogens is 336 g/mol. The second-order valence-electron chi connectivity index (χ2n) is 5.56. The average Bonchev–Trinajstić information content (AvgIpc) is 2.90. The molecule has 0 bridgehead atoms. The first-order valence-electron chi connectivity index (χ1n) is 7.99. The highest BCUT2D eigenvalue weighted by atomic mass is 16.5. The molecule has 2 rings (SSSR count). The minimum atomic E-state index is -0.900. The van der Waals surface area contributed by atoms with Crippen molar-refractivity contribution in [3.63, 3.8) is 0 Å². The Morgan fingerprint density at radius 3 is 2.38 bits per heavy atom. The van der Waals surface area contributed by atoms with Gasteiger partial charge in [-0.1, -0.05) is 29.8 Å². The summed E-state index contributed by atoms with van der Waals surface area (Å²) in [6.07, 6.45) is 2.90. The Morgan fingerprint density at radius 1 is 1.15 bits per heavy atom. The van der Waals surface area contributed by atoms with Crippen LogP contribution in [0.15, 0.2) is 34.8 Å². The highest BCUT2D eigenvalue weighted by molar-refractivity contribution is 6.12. The van der Waals surface area contributed by atoms with E-state index in [1.807, 2.05) is 31.2 Å². The van der Waals surface area contributed by atoms with Gasteiger partial charge in [-0.3, -0.25) is 14.9 Å².